The van der Waals surface area contributed by atoms with E-state index in [4.69, 9.17) is 12.8 Å². The molecule has 52 valence electrons. The van der Waals surface area contributed by atoms with Crippen molar-refractivity contribution in [1.29, 1.82) is 0 Å². The van der Waals surface area contributed by atoms with Crippen molar-refractivity contribution in [3.05, 3.63) is 30.3 Å². The van der Waals surface area contributed by atoms with Gasteiger partial charge < -0.3 is 0 Å². The summed E-state index contributed by atoms with van der Waals surface area (Å²) in [5.41, 5.74) is 5.34. The summed E-state index contributed by atoms with van der Waals surface area (Å²) in [4.78, 5) is 0. The molecule has 0 amide bonds. The van der Waals surface area contributed by atoms with E-state index >= 15 is 0 Å². The van der Waals surface area contributed by atoms with Crippen LogP contribution in [-0.4, -0.2) is 8.80 Å². The zero-order valence-electron chi connectivity index (χ0n) is 6.12. The molecule has 1 rings (SSSR count). The molecule has 11 heavy (non-hydrogen) atoms. The Balaban J connectivity index is 2.96. The summed E-state index contributed by atoms with van der Waals surface area (Å²) in [6.45, 7) is 0. The second-order valence-electron chi connectivity index (χ2n) is 2.18. The van der Waals surface area contributed by atoms with Crippen molar-refractivity contribution in [3.8, 4) is 23.9 Å². The van der Waals surface area contributed by atoms with Gasteiger partial charge in [-0.3, -0.25) is 0 Å². The fraction of sp³-hybridized carbons (Fsp3) is 0. The molecule has 0 aliphatic rings. The van der Waals surface area contributed by atoms with Gasteiger partial charge in [-0.2, -0.15) is 0 Å². The van der Waals surface area contributed by atoms with Crippen LogP contribution >= 0.6 is 0 Å². The maximum atomic E-state index is 5.28. The predicted molar refractivity (Wildman–Crippen MR) is 50.9 cm³/mol. The average Bonchev–Trinajstić information content (AvgIpc) is 2.09. The second-order valence-corrected chi connectivity index (χ2v) is 4.38. The molecule has 1 aromatic rings. The molecule has 1 aromatic carbocycles. The van der Waals surface area contributed by atoms with Gasteiger partial charge in [-0.15, -0.1) is 23.9 Å². The zero-order chi connectivity index (χ0) is 8.10. The molecule has 1 heteroatoms. The lowest BCUT2D eigenvalue weighted by molar-refractivity contribution is 1.77. The van der Waals surface area contributed by atoms with E-state index < -0.39 is 8.80 Å². The Labute approximate surface area is 68.9 Å². The van der Waals surface area contributed by atoms with Gasteiger partial charge in [0.1, 0.15) is 0 Å². The monoisotopic (exact) mass is 156 g/mol. The van der Waals surface area contributed by atoms with E-state index in [0.717, 1.165) is 5.19 Å². The molecule has 0 saturated heterocycles. The van der Waals surface area contributed by atoms with Crippen molar-refractivity contribution in [2.45, 2.75) is 0 Å². The summed E-state index contributed by atoms with van der Waals surface area (Å²) in [7, 11) is -1.49. The molecule has 0 saturated carbocycles. The molecule has 0 N–H and O–H groups in total. The molecule has 0 unspecified atom stereocenters. The van der Waals surface area contributed by atoms with Gasteiger partial charge >= 0.3 is 0 Å². The van der Waals surface area contributed by atoms with Crippen molar-refractivity contribution < 1.29 is 0 Å². The molecular weight excluding hydrogens is 148 g/mol. The van der Waals surface area contributed by atoms with Crippen molar-refractivity contribution in [3.63, 3.8) is 0 Å². The van der Waals surface area contributed by atoms with E-state index in [1.54, 1.807) is 0 Å². The van der Waals surface area contributed by atoms with Crippen molar-refractivity contribution >= 4 is 14.0 Å². The van der Waals surface area contributed by atoms with Gasteiger partial charge in [0.25, 0.3) is 0 Å². The van der Waals surface area contributed by atoms with Crippen molar-refractivity contribution in [2.24, 2.45) is 0 Å². The molecule has 0 radical (unpaired) electrons. The van der Waals surface area contributed by atoms with Gasteiger partial charge in [0.2, 0.25) is 8.80 Å². The molecule has 0 aromatic heterocycles. The standard InChI is InChI=1S/C10H8Si/c1-3-11(4-2)10-8-6-5-7-9-10/h1-2,5-9,11H. The summed E-state index contributed by atoms with van der Waals surface area (Å²) in [5, 5.41) is 1.15. The second kappa shape index (κ2) is 3.66. The first-order valence-corrected chi connectivity index (χ1v) is 5.09. The molecular formula is C10H8Si. The van der Waals surface area contributed by atoms with E-state index in [9.17, 15) is 0 Å². The zero-order valence-corrected chi connectivity index (χ0v) is 7.27. The highest BCUT2D eigenvalue weighted by molar-refractivity contribution is 6.87. The third-order valence-corrected chi connectivity index (χ3v) is 3.18. The summed E-state index contributed by atoms with van der Waals surface area (Å²) in [6.07, 6.45) is 10.6. The highest BCUT2D eigenvalue weighted by Gasteiger charge is 2.04. The van der Waals surface area contributed by atoms with Crippen LogP contribution in [0.3, 0.4) is 0 Å². The molecule has 0 spiro atoms. The first kappa shape index (κ1) is 7.66. The average molecular weight is 156 g/mol. The van der Waals surface area contributed by atoms with Crippen LogP contribution in [0.2, 0.25) is 0 Å². The van der Waals surface area contributed by atoms with Crippen LogP contribution in [0.4, 0.5) is 0 Å². The normalized spacial score (nSPS) is 8.64. The van der Waals surface area contributed by atoms with E-state index in [1.165, 1.54) is 0 Å². The van der Waals surface area contributed by atoms with E-state index in [-0.39, 0.29) is 0 Å². The number of rotatable bonds is 1. The van der Waals surface area contributed by atoms with Gasteiger partial charge in [-0.05, 0) is 5.19 Å². The molecule has 0 bridgehead atoms. The third-order valence-electron chi connectivity index (χ3n) is 1.47. The van der Waals surface area contributed by atoms with Crippen LogP contribution in [-0.2, 0) is 0 Å². The van der Waals surface area contributed by atoms with Crippen LogP contribution < -0.4 is 5.19 Å². The number of hydrogen-bond acceptors (Lipinski definition) is 0. The summed E-state index contributed by atoms with van der Waals surface area (Å²) in [5.74, 6) is 0. The first-order valence-electron chi connectivity index (χ1n) is 3.35. The Morgan fingerprint density at radius 1 is 1.00 bits per heavy atom. The Bertz CT molecular complexity index is 286. The minimum absolute atomic E-state index is 1.15. The van der Waals surface area contributed by atoms with Crippen molar-refractivity contribution in [2.75, 3.05) is 0 Å². The molecule has 0 atom stereocenters. The van der Waals surface area contributed by atoms with Crippen LogP contribution in [0.25, 0.3) is 0 Å². The molecule has 0 heterocycles. The Morgan fingerprint density at radius 3 is 2.00 bits per heavy atom. The number of benzene rings is 1. The van der Waals surface area contributed by atoms with Crippen LogP contribution in [0.1, 0.15) is 0 Å². The van der Waals surface area contributed by atoms with E-state index in [1.807, 2.05) is 30.3 Å². The fourth-order valence-corrected chi connectivity index (χ4v) is 1.97. The maximum Gasteiger partial charge on any atom is 0.230 e. The Hall–Kier alpha value is -1.44. The van der Waals surface area contributed by atoms with Gasteiger partial charge in [0.15, 0.2) is 0 Å². The molecule has 0 aliphatic heterocycles. The predicted octanol–water partition coefficient (Wildman–Crippen LogP) is 0.465. The first-order chi connectivity index (χ1) is 5.38. The third kappa shape index (κ3) is 1.74. The SMILES string of the molecule is C#C[SiH](C#C)c1ccccc1. The minimum atomic E-state index is -1.49. The Morgan fingerprint density at radius 2 is 1.55 bits per heavy atom. The largest absolute Gasteiger partial charge is 0.230 e. The van der Waals surface area contributed by atoms with Gasteiger partial charge in [0.05, 0.1) is 0 Å². The topological polar surface area (TPSA) is 0 Å². The van der Waals surface area contributed by atoms with Crippen LogP contribution in [0, 0.1) is 23.9 Å². The fourth-order valence-electron chi connectivity index (χ4n) is 0.886. The lowest BCUT2D eigenvalue weighted by Crippen LogP contribution is -2.26. The number of terminal acetylenes is 2. The quantitative estimate of drug-likeness (QED) is 0.409. The molecule has 0 nitrogen and oxygen atoms in total. The lowest BCUT2D eigenvalue weighted by atomic mass is 10.4. The highest BCUT2D eigenvalue weighted by Crippen LogP contribution is 1.85. The van der Waals surface area contributed by atoms with Crippen LogP contribution in [0.5, 0.6) is 0 Å². The Kier molecular flexibility index (Phi) is 2.55. The molecule has 0 fully saturated rings. The number of hydrogen-bond donors (Lipinski definition) is 0. The highest BCUT2D eigenvalue weighted by atomic mass is 28.3. The van der Waals surface area contributed by atoms with E-state index in [2.05, 4.69) is 11.1 Å². The summed E-state index contributed by atoms with van der Waals surface area (Å²) >= 11 is 0. The van der Waals surface area contributed by atoms with Gasteiger partial charge in [0, 0.05) is 0 Å². The summed E-state index contributed by atoms with van der Waals surface area (Å²) in [6, 6.07) is 9.88. The van der Waals surface area contributed by atoms with E-state index in [0.29, 0.717) is 0 Å². The van der Waals surface area contributed by atoms with Gasteiger partial charge in [-0.25, -0.2) is 0 Å². The summed E-state index contributed by atoms with van der Waals surface area (Å²) < 4.78 is 0. The maximum absolute atomic E-state index is 5.28. The van der Waals surface area contributed by atoms with Crippen molar-refractivity contribution in [1.82, 2.24) is 0 Å². The smallest absolute Gasteiger partial charge is 0.126 e. The minimum Gasteiger partial charge on any atom is -0.126 e. The lowest BCUT2D eigenvalue weighted by Gasteiger charge is -1.98. The van der Waals surface area contributed by atoms with Gasteiger partial charge in [-0.1, -0.05) is 30.3 Å². The van der Waals surface area contributed by atoms with Crippen LogP contribution in [0.15, 0.2) is 30.3 Å². The molecule has 0 aliphatic carbocycles.